The van der Waals surface area contributed by atoms with Crippen LogP contribution in [0.15, 0.2) is 58.3 Å². The molecule has 0 bridgehead atoms. The van der Waals surface area contributed by atoms with Crippen molar-refractivity contribution in [1.29, 1.82) is 0 Å². The Morgan fingerprint density at radius 2 is 1.21 bits per heavy atom. The molecular weight excluding hydrogens is 396 g/mol. The SMILES string of the molecule is C.[C-]#[N+]C(C)S(=O)(=O)c1ccc(C)cc1.[C-]#[N+]CS(=O)(=O)c1ccc(C)cc1. The zero-order valence-electron chi connectivity index (χ0n) is 15.2. The summed E-state index contributed by atoms with van der Waals surface area (Å²) in [5.41, 5.74) is 2.00. The van der Waals surface area contributed by atoms with Crippen LogP contribution in [0, 0.1) is 27.0 Å². The van der Waals surface area contributed by atoms with E-state index in [2.05, 4.69) is 9.69 Å². The molecule has 28 heavy (non-hydrogen) atoms. The molecule has 0 amide bonds. The third kappa shape index (κ3) is 6.80. The fraction of sp³-hybridized carbons (Fsp3) is 0.300. The first-order valence-electron chi connectivity index (χ1n) is 7.84. The van der Waals surface area contributed by atoms with E-state index in [0.29, 0.717) is 0 Å². The molecule has 0 aliphatic carbocycles. The van der Waals surface area contributed by atoms with Gasteiger partial charge < -0.3 is 0 Å². The van der Waals surface area contributed by atoms with Crippen molar-refractivity contribution in [1.82, 2.24) is 0 Å². The molecule has 6 nitrogen and oxygen atoms in total. The van der Waals surface area contributed by atoms with Crippen molar-refractivity contribution in [2.45, 2.75) is 43.4 Å². The Hall–Kier alpha value is -2.68. The predicted molar refractivity (Wildman–Crippen MR) is 111 cm³/mol. The Bertz CT molecular complexity index is 1060. The van der Waals surface area contributed by atoms with Crippen LogP contribution in [0.2, 0.25) is 0 Å². The van der Waals surface area contributed by atoms with Crippen molar-refractivity contribution in [3.05, 3.63) is 82.5 Å². The maximum absolute atomic E-state index is 11.7. The second kappa shape index (κ2) is 10.6. The van der Waals surface area contributed by atoms with E-state index >= 15 is 0 Å². The van der Waals surface area contributed by atoms with E-state index in [1.807, 2.05) is 13.8 Å². The van der Waals surface area contributed by atoms with Gasteiger partial charge in [-0.1, -0.05) is 42.8 Å². The summed E-state index contributed by atoms with van der Waals surface area (Å²) in [7, 11) is -6.84. The van der Waals surface area contributed by atoms with Gasteiger partial charge in [0, 0.05) is 6.92 Å². The quantitative estimate of drug-likeness (QED) is 0.691. The van der Waals surface area contributed by atoms with E-state index in [9.17, 15) is 16.8 Å². The number of benzene rings is 2. The summed E-state index contributed by atoms with van der Waals surface area (Å²) in [5.74, 6) is -0.476. The lowest BCUT2D eigenvalue weighted by atomic mass is 10.2. The molecule has 0 radical (unpaired) electrons. The van der Waals surface area contributed by atoms with E-state index in [-0.39, 0.29) is 17.2 Å². The van der Waals surface area contributed by atoms with Gasteiger partial charge in [-0.2, -0.15) is 0 Å². The fourth-order valence-electron chi connectivity index (χ4n) is 1.90. The highest BCUT2D eigenvalue weighted by Crippen LogP contribution is 2.17. The Balaban J connectivity index is 0.000000504. The highest BCUT2D eigenvalue weighted by Gasteiger charge is 2.27. The van der Waals surface area contributed by atoms with Crippen LogP contribution in [0.4, 0.5) is 0 Å². The van der Waals surface area contributed by atoms with Crippen LogP contribution < -0.4 is 0 Å². The summed E-state index contributed by atoms with van der Waals surface area (Å²) < 4.78 is 46.0. The molecule has 2 rings (SSSR count). The smallest absolute Gasteiger partial charge is 0.299 e. The summed E-state index contributed by atoms with van der Waals surface area (Å²) in [5, 5.41) is -1.01. The minimum Gasteiger partial charge on any atom is -0.299 e. The average molecular weight is 421 g/mol. The average Bonchev–Trinajstić information content (AvgIpc) is 2.62. The number of hydrogen-bond donors (Lipinski definition) is 0. The maximum Gasteiger partial charge on any atom is 0.322 e. The Morgan fingerprint density at radius 3 is 1.57 bits per heavy atom. The Kier molecular flexibility index (Phi) is 9.59. The lowest BCUT2D eigenvalue weighted by molar-refractivity contribution is 0.590. The van der Waals surface area contributed by atoms with E-state index in [1.165, 1.54) is 31.2 Å². The van der Waals surface area contributed by atoms with E-state index in [1.54, 1.807) is 24.3 Å². The van der Waals surface area contributed by atoms with Crippen molar-refractivity contribution < 1.29 is 16.8 Å². The molecule has 0 saturated carbocycles. The Labute approximate surface area is 168 Å². The topological polar surface area (TPSA) is 77.0 Å². The molecule has 0 spiro atoms. The molecule has 0 fully saturated rings. The van der Waals surface area contributed by atoms with Crippen LogP contribution in [-0.2, 0) is 19.7 Å². The summed E-state index contributed by atoms with van der Waals surface area (Å²) in [6, 6.07) is 13.0. The zero-order valence-corrected chi connectivity index (χ0v) is 16.9. The van der Waals surface area contributed by atoms with E-state index < -0.39 is 30.9 Å². The first-order valence-corrected chi connectivity index (χ1v) is 11.0. The molecule has 1 atom stereocenters. The molecule has 0 aliphatic heterocycles. The number of hydrogen-bond acceptors (Lipinski definition) is 4. The van der Waals surface area contributed by atoms with Gasteiger partial charge in [-0.3, -0.25) is 9.69 Å². The van der Waals surface area contributed by atoms with E-state index in [0.717, 1.165) is 11.1 Å². The summed E-state index contributed by atoms with van der Waals surface area (Å²) in [4.78, 5) is 6.32. The minimum absolute atomic E-state index is 0. The van der Waals surface area contributed by atoms with Gasteiger partial charge in [0.15, 0.2) is 0 Å². The largest absolute Gasteiger partial charge is 0.322 e. The van der Waals surface area contributed by atoms with Gasteiger partial charge in [0.05, 0.1) is 9.79 Å². The molecule has 0 saturated heterocycles. The first-order chi connectivity index (χ1) is 12.5. The molecule has 150 valence electrons. The third-order valence-electron chi connectivity index (χ3n) is 3.60. The van der Waals surface area contributed by atoms with Crippen LogP contribution in [0.5, 0.6) is 0 Å². The minimum atomic E-state index is -3.46. The fourth-order valence-corrected chi connectivity index (χ4v) is 3.82. The lowest BCUT2D eigenvalue weighted by Crippen LogP contribution is -2.13. The van der Waals surface area contributed by atoms with Crippen LogP contribution in [0.3, 0.4) is 0 Å². The van der Waals surface area contributed by atoms with Crippen molar-refractivity contribution in [2.24, 2.45) is 0 Å². The van der Waals surface area contributed by atoms with Crippen molar-refractivity contribution >= 4 is 19.7 Å². The predicted octanol–water partition coefficient (Wildman–Crippen LogP) is 4.32. The molecule has 2 aromatic rings. The zero-order chi connectivity index (χ0) is 20.7. The standard InChI is InChI=1S/C10H11NO2S.C9H9NO2S.CH4/c1-8-4-6-10(7-5-8)14(12,13)9(2)11-3;1-8-3-5-9(6-4-8)13(11,12)7-10-2;/h4-7,9H,1-2H3;3-6H,7H2,1H3;1H4. The monoisotopic (exact) mass is 420 g/mol. The van der Waals surface area contributed by atoms with Crippen LogP contribution in [-0.4, -0.2) is 28.1 Å². The molecular formula is C20H24N2O4S2. The number of nitrogens with zero attached hydrogens (tertiary/aromatic N) is 2. The third-order valence-corrected chi connectivity index (χ3v) is 6.99. The van der Waals surface area contributed by atoms with Gasteiger partial charge >= 0.3 is 11.3 Å². The second-order valence-corrected chi connectivity index (χ2v) is 10.0. The lowest BCUT2D eigenvalue weighted by Gasteiger charge is -2.02. The second-order valence-electron chi connectivity index (χ2n) is 5.80. The first kappa shape index (κ1) is 25.3. The van der Waals surface area contributed by atoms with Gasteiger partial charge in [0.1, 0.15) is 0 Å². The van der Waals surface area contributed by atoms with Gasteiger partial charge in [0.2, 0.25) is 0 Å². The summed E-state index contributed by atoms with van der Waals surface area (Å²) in [6.45, 7) is 18.4. The van der Waals surface area contributed by atoms with Crippen molar-refractivity contribution in [3.8, 4) is 0 Å². The van der Waals surface area contributed by atoms with Crippen LogP contribution >= 0.6 is 0 Å². The molecule has 0 N–H and O–H groups in total. The van der Waals surface area contributed by atoms with E-state index in [4.69, 9.17) is 13.1 Å². The number of aryl methyl sites for hydroxylation is 2. The van der Waals surface area contributed by atoms with Crippen LogP contribution in [0.25, 0.3) is 9.69 Å². The van der Waals surface area contributed by atoms with Crippen molar-refractivity contribution in [2.75, 3.05) is 5.88 Å². The maximum atomic E-state index is 11.7. The molecule has 8 heteroatoms. The molecule has 1 unspecified atom stereocenters. The summed E-state index contributed by atoms with van der Waals surface area (Å²) >= 11 is 0. The van der Waals surface area contributed by atoms with Crippen LogP contribution in [0.1, 0.15) is 25.5 Å². The normalized spacial score (nSPS) is 11.6. The molecule has 0 heterocycles. The number of rotatable bonds is 4. The summed E-state index contributed by atoms with van der Waals surface area (Å²) in [6.07, 6.45) is 0. The highest BCUT2D eigenvalue weighted by molar-refractivity contribution is 7.92. The van der Waals surface area contributed by atoms with Gasteiger partial charge in [-0.15, -0.1) is 0 Å². The van der Waals surface area contributed by atoms with Gasteiger partial charge in [-0.25, -0.2) is 30.0 Å². The molecule has 2 aromatic carbocycles. The molecule has 0 aliphatic rings. The van der Waals surface area contributed by atoms with Gasteiger partial charge in [-0.05, 0) is 38.1 Å². The number of sulfone groups is 2. The highest BCUT2D eigenvalue weighted by atomic mass is 32.2. The van der Waals surface area contributed by atoms with Gasteiger partial charge in [0.25, 0.3) is 19.7 Å². The molecule has 0 aromatic heterocycles. The Morgan fingerprint density at radius 1 is 0.821 bits per heavy atom. The van der Waals surface area contributed by atoms with Crippen molar-refractivity contribution in [3.63, 3.8) is 0 Å².